The van der Waals surface area contributed by atoms with Crippen LogP contribution >= 0.6 is 0 Å². The largest absolute Gasteiger partial charge is 0.444 e. The number of aliphatic hydroxyl groups is 1. The molecule has 4 atom stereocenters. The topological polar surface area (TPSA) is 78.9 Å². The Bertz CT molecular complexity index is 571. The molecule has 0 aromatic carbocycles. The molecule has 1 heterocycles. The Morgan fingerprint density at radius 2 is 1.84 bits per heavy atom. The molecule has 0 aromatic heterocycles. The molecule has 0 radical (unpaired) electrons. The maximum Gasteiger partial charge on any atom is 0.408 e. The molecule has 0 unspecified atom stereocenters. The molecule has 3 aliphatic rings. The standard InChI is InChI=1S/C19H32N2O4/c1-17(2,3)14(20-16(24)25-18(4,5)6)15(23)21-9-11-13(12(21)10-22)19(11)7-8-19/h11-14,22H,7-10H2,1-6H3,(H,20,24)/t11-,12-,13-,14-/m1/s1. The summed E-state index contributed by atoms with van der Waals surface area (Å²) in [4.78, 5) is 27.2. The third kappa shape index (κ3) is 3.25. The van der Waals surface area contributed by atoms with Crippen LogP contribution in [0.1, 0.15) is 54.4 Å². The van der Waals surface area contributed by atoms with E-state index in [0.29, 0.717) is 23.8 Å². The number of likely N-dealkylation sites (tertiary alicyclic amines) is 1. The number of carbonyl (C=O) groups excluding carboxylic acids is 2. The van der Waals surface area contributed by atoms with E-state index in [0.717, 1.165) is 0 Å². The van der Waals surface area contributed by atoms with Gasteiger partial charge in [-0.05, 0) is 56.3 Å². The Morgan fingerprint density at radius 1 is 1.24 bits per heavy atom. The highest BCUT2D eigenvalue weighted by Crippen LogP contribution is 2.78. The fourth-order valence-corrected chi connectivity index (χ4v) is 4.65. The molecule has 0 bridgehead atoms. The zero-order valence-corrected chi connectivity index (χ0v) is 16.3. The van der Waals surface area contributed by atoms with Gasteiger partial charge in [-0.2, -0.15) is 0 Å². The second kappa shape index (κ2) is 5.60. The molecule has 2 N–H and O–H groups in total. The molecule has 3 fully saturated rings. The summed E-state index contributed by atoms with van der Waals surface area (Å²) in [6, 6.07) is -0.783. The molecular weight excluding hydrogens is 320 g/mol. The van der Waals surface area contributed by atoms with Gasteiger partial charge in [0.15, 0.2) is 0 Å². The lowest BCUT2D eigenvalue weighted by Gasteiger charge is -2.37. The number of alkyl carbamates (subject to hydrolysis) is 1. The van der Waals surface area contributed by atoms with Gasteiger partial charge in [-0.25, -0.2) is 4.79 Å². The van der Waals surface area contributed by atoms with E-state index < -0.39 is 23.2 Å². The van der Waals surface area contributed by atoms with Crippen molar-refractivity contribution in [1.29, 1.82) is 0 Å². The van der Waals surface area contributed by atoms with Gasteiger partial charge in [-0.3, -0.25) is 4.79 Å². The zero-order chi connectivity index (χ0) is 18.8. The van der Waals surface area contributed by atoms with E-state index in [-0.39, 0.29) is 18.6 Å². The number of nitrogens with zero attached hydrogens (tertiary/aromatic N) is 1. The Kier molecular flexibility index (Phi) is 4.14. The van der Waals surface area contributed by atoms with Crippen LogP contribution in [0.5, 0.6) is 0 Å². The van der Waals surface area contributed by atoms with E-state index in [1.54, 1.807) is 25.7 Å². The van der Waals surface area contributed by atoms with Gasteiger partial charge in [0.25, 0.3) is 0 Å². The highest BCUT2D eigenvalue weighted by Gasteiger charge is 2.77. The van der Waals surface area contributed by atoms with Crippen molar-refractivity contribution < 1.29 is 19.4 Å². The summed E-state index contributed by atoms with van der Waals surface area (Å²) in [6.07, 6.45) is 1.89. The van der Waals surface area contributed by atoms with Gasteiger partial charge in [0.2, 0.25) is 5.91 Å². The predicted molar refractivity (Wildman–Crippen MR) is 93.8 cm³/mol. The van der Waals surface area contributed by atoms with Crippen molar-refractivity contribution in [1.82, 2.24) is 10.2 Å². The molecule has 3 rings (SSSR count). The van der Waals surface area contributed by atoms with E-state index in [9.17, 15) is 14.7 Å². The van der Waals surface area contributed by atoms with Crippen LogP contribution < -0.4 is 5.32 Å². The first-order valence-electron chi connectivity index (χ1n) is 9.31. The van der Waals surface area contributed by atoms with Crippen LogP contribution in [0.15, 0.2) is 0 Å². The smallest absolute Gasteiger partial charge is 0.408 e. The number of aliphatic hydroxyl groups excluding tert-OH is 1. The highest BCUT2D eigenvalue weighted by molar-refractivity contribution is 5.87. The fourth-order valence-electron chi connectivity index (χ4n) is 4.65. The van der Waals surface area contributed by atoms with Crippen LogP contribution in [0.2, 0.25) is 0 Å². The van der Waals surface area contributed by atoms with Gasteiger partial charge < -0.3 is 20.1 Å². The van der Waals surface area contributed by atoms with Crippen molar-refractivity contribution in [2.45, 2.75) is 72.1 Å². The minimum atomic E-state index is -0.677. The van der Waals surface area contributed by atoms with Crippen molar-refractivity contribution in [3.8, 4) is 0 Å². The molecule has 2 amide bonds. The number of rotatable bonds is 3. The summed E-state index contributed by atoms with van der Waals surface area (Å²) in [6.45, 7) is 11.9. The predicted octanol–water partition coefficient (Wildman–Crippen LogP) is 2.16. The summed E-state index contributed by atoms with van der Waals surface area (Å²) < 4.78 is 5.33. The zero-order valence-electron chi connectivity index (χ0n) is 16.3. The minimum Gasteiger partial charge on any atom is -0.444 e. The summed E-state index contributed by atoms with van der Waals surface area (Å²) in [5, 5.41) is 12.6. The second-order valence-electron chi connectivity index (χ2n) is 10.1. The molecule has 25 heavy (non-hydrogen) atoms. The van der Waals surface area contributed by atoms with E-state index in [1.807, 2.05) is 20.8 Å². The Morgan fingerprint density at radius 3 is 2.28 bits per heavy atom. The van der Waals surface area contributed by atoms with Gasteiger partial charge in [-0.1, -0.05) is 20.8 Å². The molecule has 6 heteroatoms. The van der Waals surface area contributed by atoms with Gasteiger partial charge in [0, 0.05) is 6.54 Å². The first-order chi connectivity index (χ1) is 11.4. The molecule has 0 aromatic rings. The molecule has 142 valence electrons. The number of hydrogen-bond acceptors (Lipinski definition) is 4. The fraction of sp³-hybridized carbons (Fsp3) is 0.895. The van der Waals surface area contributed by atoms with Crippen molar-refractivity contribution in [3.05, 3.63) is 0 Å². The monoisotopic (exact) mass is 352 g/mol. The van der Waals surface area contributed by atoms with E-state index in [1.165, 1.54) is 12.8 Å². The maximum absolute atomic E-state index is 13.2. The Balaban J connectivity index is 1.71. The van der Waals surface area contributed by atoms with Crippen LogP contribution in [0, 0.1) is 22.7 Å². The summed E-state index contributed by atoms with van der Waals surface area (Å²) >= 11 is 0. The van der Waals surface area contributed by atoms with Crippen LogP contribution in [0.4, 0.5) is 4.79 Å². The number of carbonyl (C=O) groups is 2. The molecule has 6 nitrogen and oxygen atoms in total. The third-order valence-electron chi connectivity index (χ3n) is 6.01. The van der Waals surface area contributed by atoms with E-state index in [4.69, 9.17) is 4.74 Å². The minimum absolute atomic E-state index is 0.00203. The normalized spacial score (nSPS) is 30.7. The average molecular weight is 352 g/mol. The van der Waals surface area contributed by atoms with Crippen molar-refractivity contribution in [3.63, 3.8) is 0 Å². The molecule has 2 saturated carbocycles. The Labute approximate surface area is 150 Å². The number of amides is 2. The van der Waals surface area contributed by atoms with Gasteiger partial charge in [-0.15, -0.1) is 0 Å². The SMILES string of the molecule is CC(C)(C)OC(=O)N[C@H](C(=O)N1C[C@@H]2[C@H]([C@H]1CO)C21CC1)C(C)(C)C. The van der Waals surface area contributed by atoms with Gasteiger partial charge in [0.1, 0.15) is 11.6 Å². The first-order valence-corrected chi connectivity index (χ1v) is 9.31. The summed E-state index contributed by atoms with van der Waals surface area (Å²) in [5.41, 5.74) is -0.630. The quantitative estimate of drug-likeness (QED) is 0.816. The van der Waals surface area contributed by atoms with Crippen LogP contribution in [0.3, 0.4) is 0 Å². The van der Waals surface area contributed by atoms with Gasteiger partial charge in [0.05, 0.1) is 12.6 Å². The molecule has 2 aliphatic carbocycles. The first kappa shape index (κ1) is 18.5. The number of ether oxygens (including phenoxy) is 1. The average Bonchev–Trinajstić information content (AvgIpc) is 3.30. The third-order valence-corrected chi connectivity index (χ3v) is 6.01. The molecule has 1 aliphatic heterocycles. The lowest BCUT2D eigenvalue weighted by molar-refractivity contribution is -0.139. The van der Waals surface area contributed by atoms with E-state index in [2.05, 4.69) is 5.32 Å². The van der Waals surface area contributed by atoms with Crippen molar-refractivity contribution in [2.75, 3.05) is 13.2 Å². The van der Waals surface area contributed by atoms with Crippen LogP contribution in [-0.4, -0.2) is 52.8 Å². The van der Waals surface area contributed by atoms with Crippen LogP contribution in [-0.2, 0) is 9.53 Å². The van der Waals surface area contributed by atoms with Crippen molar-refractivity contribution >= 4 is 12.0 Å². The van der Waals surface area contributed by atoms with Crippen molar-refractivity contribution in [2.24, 2.45) is 22.7 Å². The van der Waals surface area contributed by atoms with Crippen LogP contribution in [0.25, 0.3) is 0 Å². The van der Waals surface area contributed by atoms with Gasteiger partial charge >= 0.3 is 6.09 Å². The maximum atomic E-state index is 13.2. The number of fused-ring (bicyclic) bond motifs is 3. The molecule has 1 saturated heterocycles. The van der Waals surface area contributed by atoms with E-state index >= 15 is 0 Å². The number of nitrogens with one attached hydrogen (secondary N) is 1. The summed E-state index contributed by atoms with van der Waals surface area (Å²) in [7, 11) is 0. The number of piperidine rings is 1. The molecule has 1 spiro atoms. The second-order valence-corrected chi connectivity index (χ2v) is 10.1. The lowest BCUT2D eigenvalue weighted by Crippen LogP contribution is -2.57. The highest BCUT2D eigenvalue weighted by atomic mass is 16.6. The summed E-state index contributed by atoms with van der Waals surface area (Å²) in [5.74, 6) is 0.875. The number of hydrogen-bond donors (Lipinski definition) is 2. The Hall–Kier alpha value is -1.30. The molecular formula is C19H32N2O4. The lowest BCUT2D eigenvalue weighted by atomic mass is 9.85.